The molecule has 0 radical (unpaired) electrons. The summed E-state index contributed by atoms with van der Waals surface area (Å²) in [6.07, 6.45) is 5.23. The van der Waals surface area contributed by atoms with E-state index in [0.717, 1.165) is 45.0 Å². The first-order valence-corrected chi connectivity index (χ1v) is 13.6. The average Bonchev–Trinajstić information content (AvgIpc) is 2.81. The number of amides is 1. The zero-order valence-electron chi connectivity index (χ0n) is 18.7. The molecule has 1 N–H and O–H groups in total. The van der Waals surface area contributed by atoms with E-state index >= 15 is 0 Å². The summed E-state index contributed by atoms with van der Waals surface area (Å²) in [5, 5.41) is 3.23. The molecule has 33 heavy (non-hydrogen) atoms. The molecule has 7 nitrogen and oxygen atoms in total. The van der Waals surface area contributed by atoms with E-state index in [1.165, 1.54) is 9.99 Å². The number of anilines is 2. The lowest BCUT2D eigenvalue weighted by Gasteiger charge is -2.34. The third-order valence-electron chi connectivity index (χ3n) is 6.17. The van der Waals surface area contributed by atoms with Gasteiger partial charge in [-0.25, -0.2) is 8.42 Å². The SMILES string of the molecule is CS(=O)(=O)N1CCCC[C@@H]1C(=O)Nc1ccc(O[C@@H]2CCCN(c3ccccc3)C2)c(Cl)c1. The van der Waals surface area contributed by atoms with Crippen molar-refractivity contribution >= 4 is 38.9 Å². The number of carbonyl (C=O) groups excluding carboxylic acids is 1. The van der Waals surface area contributed by atoms with Crippen molar-refractivity contribution < 1.29 is 17.9 Å². The number of rotatable bonds is 6. The fraction of sp³-hybridized carbons (Fsp3) is 0.458. The Hall–Kier alpha value is -2.29. The lowest BCUT2D eigenvalue weighted by molar-refractivity contribution is -0.120. The quantitative estimate of drug-likeness (QED) is 0.657. The minimum Gasteiger partial charge on any atom is -0.487 e. The van der Waals surface area contributed by atoms with Crippen molar-refractivity contribution in [1.29, 1.82) is 0 Å². The van der Waals surface area contributed by atoms with Gasteiger partial charge in [0, 0.05) is 24.5 Å². The molecule has 2 heterocycles. The Labute approximate surface area is 200 Å². The molecule has 178 valence electrons. The fourth-order valence-corrected chi connectivity index (χ4v) is 5.90. The van der Waals surface area contributed by atoms with Crippen molar-refractivity contribution in [2.45, 2.75) is 44.2 Å². The van der Waals surface area contributed by atoms with Crippen LogP contribution in [0.5, 0.6) is 5.75 Å². The molecule has 1 amide bonds. The molecule has 2 aliphatic heterocycles. The van der Waals surface area contributed by atoms with Gasteiger partial charge in [-0.2, -0.15) is 4.31 Å². The van der Waals surface area contributed by atoms with Gasteiger partial charge in [-0.3, -0.25) is 4.79 Å². The van der Waals surface area contributed by atoms with Crippen LogP contribution in [0.3, 0.4) is 0 Å². The van der Waals surface area contributed by atoms with Crippen LogP contribution in [0.25, 0.3) is 0 Å². The highest BCUT2D eigenvalue weighted by Gasteiger charge is 2.34. The van der Waals surface area contributed by atoms with Gasteiger partial charge >= 0.3 is 0 Å². The van der Waals surface area contributed by atoms with E-state index in [0.29, 0.717) is 29.4 Å². The smallest absolute Gasteiger partial charge is 0.242 e. The first kappa shape index (κ1) is 23.9. The Bertz CT molecular complexity index is 1080. The second kappa shape index (κ2) is 10.3. The first-order chi connectivity index (χ1) is 15.8. The van der Waals surface area contributed by atoms with E-state index in [9.17, 15) is 13.2 Å². The van der Waals surface area contributed by atoms with Crippen LogP contribution < -0.4 is 15.0 Å². The standard InChI is InChI=1S/C24H30ClN3O4S/c1-33(30,31)28-15-6-5-11-22(28)24(29)26-18-12-13-23(21(25)16-18)32-20-10-7-14-27(17-20)19-8-3-2-4-9-19/h2-4,8-9,12-13,16,20,22H,5-7,10-11,14-15,17H2,1H3,(H,26,29)/t20-,22-/m1/s1. The summed E-state index contributed by atoms with van der Waals surface area (Å²) in [7, 11) is -3.45. The number of piperidine rings is 2. The zero-order valence-corrected chi connectivity index (χ0v) is 20.3. The number of halogens is 1. The fourth-order valence-electron chi connectivity index (χ4n) is 4.55. The molecular formula is C24H30ClN3O4S. The maximum atomic E-state index is 12.8. The lowest BCUT2D eigenvalue weighted by atomic mass is 10.0. The second-order valence-corrected chi connectivity index (χ2v) is 11.0. The molecule has 2 aromatic carbocycles. The molecule has 0 bridgehead atoms. The Kier molecular flexibility index (Phi) is 7.46. The number of hydrogen-bond donors (Lipinski definition) is 1. The first-order valence-electron chi connectivity index (χ1n) is 11.3. The third kappa shape index (κ3) is 5.99. The predicted molar refractivity (Wildman–Crippen MR) is 132 cm³/mol. The van der Waals surface area contributed by atoms with Gasteiger partial charge in [-0.05, 0) is 56.0 Å². The van der Waals surface area contributed by atoms with Crippen molar-refractivity contribution in [1.82, 2.24) is 4.31 Å². The Morgan fingerprint density at radius 1 is 1.06 bits per heavy atom. The van der Waals surface area contributed by atoms with Gasteiger partial charge in [0.15, 0.2) is 0 Å². The molecular weight excluding hydrogens is 462 g/mol. The molecule has 4 rings (SSSR count). The molecule has 2 saturated heterocycles. The molecule has 0 saturated carbocycles. The molecule has 0 aromatic heterocycles. The minimum absolute atomic E-state index is 0.0162. The van der Waals surface area contributed by atoms with Gasteiger partial charge in [-0.15, -0.1) is 0 Å². The van der Waals surface area contributed by atoms with Crippen LogP contribution in [0.2, 0.25) is 5.02 Å². The van der Waals surface area contributed by atoms with Crippen LogP contribution in [-0.4, -0.2) is 56.7 Å². The van der Waals surface area contributed by atoms with Crippen LogP contribution in [0.15, 0.2) is 48.5 Å². The van der Waals surface area contributed by atoms with Gasteiger partial charge < -0.3 is 15.0 Å². The number of nitrogens with one attached hydrogen (secondary N) is 1. The highest BCUT2D eigenvalue weighted by Crippen LogP contribution is 2.31. The number of ether oxygens (including phenoxy) is 1. The topological polar surface area (TPSA) is 79.0 Å². The molecule has 2 fully saturated rings. The number of benzene rings is 2. The monoisotopic (exact) mass is 491 g/mol. The van der Waals surface area contributed by atoms with Crippen molar-refractivity contribution in [3.05, 3.63) is 53.6 Å². The lowest BCUT2D eigenvalue weighted by Crippen LogP contribution is -2.49. The van der Waals surface area contributed by atoms with Crippen LogP contribution >= 0.6 is 11.6 Å². The van der Waals surface area contributed by atoms with E-state index in [1.807, 2.05) is 18.2 Å². The molecule has 0 spiro atoms. The number of para-hydroxylation sites is 1. The Balaban J connectivity index is 1.39. The molecule has 9 heteroatoms. The molecule has 0 unspecified atom stereocenters. The van der Waals surface area contributed by atoms with Crippen LogP contribution in [0.1, 0.15) is 32.1 Å². The highest BCUT2D eigenvalue weighted by molar-refractivity contribution is 7.88. The largest absolute Gasteiger partial charge is 0.487 e. The van der Waals surface area contributed by atoms with Gasteiger partial charge in [0.25, 0.3) is 0 Å². The maximum absolute atomic E-state index is 12.8. The number of hydrogen-bond acceptors (Lipinski definition) is 5. The van der Waals surface area contributed by atoms with Crippen molar-refractivity contribution in [3.8, 4) is 5.75 Å². The number of carbonyl (C=O) groups is 1. The van der Waals surface area contributed by atoms with Gasteiger partial charge in [0.2, 0.25) is 15.9 Å². The average molecular weight is 492 g/mol. The molecule has 0 aliphatic carbocycles. The number of nitrogens with zero attached hydrogens (tertiary/aromatic N) is 2. The summed E-state index contributed by atoms with van der Waals surface area (Å²) in [6, 6.07) is 14.7. The molecule has 2 atom stereocenters. The molecule has 2 aliphatic rings. The predicted octanol–water partition coefficient (Wildman–Crippen LogP) is 4.14. The summed E-state index contributed by atoms with van der Waals surface area (Å²) < 4.78 is 31.6. The minimum atomic E-state index is -3.45. The Morgan fingerprint density at radius 2 is 1.85 bits per heavy atom. The summed E-state index contributed by atoms with van der Waals surface area (Å²) in [6.45, 7) is 2.14. The van der Waals surface area contributed by atoms with Crippen LogP contribution in [0, 0.1) is 0 Å². The van der Waals surface area contributed by atoms with Crippen molar-refractivity contribution in [2.75, 3.05) is 36.1 Å². The zero-order chi connectivity index (χ0) is 23.4. The van der Waals surface area contributed by atoms with E-state index in [-0.39, 0.29) is 12.0 Å². The maximum Gasteiger partial charge on any atom is 0.242 e. The highest BCUT2D eigenvalue weighted by atomic mass is 35.5. The van der Waals surface area contributed by atoms with Crippen molar-refractivity contribution in [2.24, 2.45) is 0 Å². The van der Waals surface area contributed by atoms with Gasteiger partial charge in [-0.1, -0.05) is 36.2 Å². The van der Waals surface area contributed by atoms with Crippen molar-refractivity contribution in [3.63, 3.8) is 0 Å². The summed E-state index contributed by atoms with van der Waals surface area (Å²) in [5.74, 6) is 0.237. The second-order valence-electron chi connectivity index (χ2n) is 8.68. The number of sulfonamides is 1. The summed E-state index contributed by atoms with van der Waals surface area (Å²) >= 11 is 6.48. The van der Waals surface area contributed by atoms with Gasteiger partial charge in [0.05, 0.1) is 17.8 Å². The Morgan fingerprint density at radius 3 is 2.58 bits per heavy atom. The van der Waals surface area contributed by atoms with Crippen LogP contribution in [0.4, 0.5) is 11.4 Å². The van der Waals surface area contributed by atoms with E-state index < -0.39 is 16.1 Å². The van der Waals surface area contributed by atoms with E-state index in [1.54, 1.807) is 18.2 Å². The van der Waals surface area contributed by atoms with E-state index in [4.69, 9.17) is 16.3 Å². The third-order valence-corrected chi connectivity index (χ3v) is 7.76. The van der Waals surface area contributed by atoms with Crippen LogP contribution in [-0.2, 0) is 14.8 Å². The normalized spacial score (nSPS) is 22.1. The summed E-state index contributed by atoms with van der Waals surface area (Å²) in [4.78, 5) is 15.1. The van der Waals surface area contributed by atoms with Gasteiger partial charge in [0.1, 0.15) is 17.9 Å². The molecule has 2 aromatic rings. The summed E-state index contributed by atoms with van der Waals surface area (Å²) in [5.41, 5.74) is 1.70. The van der Waals surface area contributed by atoms with E-state index in [2.05, 4.69) is 22.3 Å².